The van der Waals surface area contributed by atoms with Gasteiger partial charge in [-0.05, 0) is 13.0 Å². The summed E-state index contributed by atoms with van der Waals surface area (Å²) in [5.74, 6) is 0.581. The second-order valence-electron chi connectivity index (χ2n) is 3.64. The van der Waals surface area contributed by atoms with Crippen LogP contribution in [0.3, 0.4) is 0 Å². The van der Waals surface area contributed by atoms with Crippen LogP contribution in [0.2, 0.25) is 0 Å². The van der Waals surface area contributed by atoms with Crippen molar-refractivity contribution in [3.05, 3.63) is 23.9 Å². The summed E-state index contributed by atoms with van der Waals surface area (Å²) in [7, 11) is 1.64. The fourth-order valence-electron chi connectivity index (χ4n) is 1.31. The summed E-state index contributed by atoms with van der Waals surface area (Å²) in [6.07, 6.45) is 1.69. The molecule has 1 atom stereocenters. The highest BCUT2D eigenvalue weighted by atomic mass is 16.5. The molecule has 0 bridgehead atoms. The molecule has 1 aromatic heterocycles. The van der Waals surface area contributed by atoms with Crippen LogP contribution in [0.15, 0.2) is 18.3 Å². The van der Waals surface area contributed by atoms with Crippen LogP contribution in [-0.4, -0.2) is 38.5 Å². The molecule has 0 unspecified atom stereocenters. The Bertz CT molecular complexity index is 318. The Morgan fingerprint density at radius 1 is 1.29 bits per heavy atom. The van der Waals surface area contributed by atoms with Gasteiger partial charge in [0.1, 0.15) is 6.61 Å². The summed E-state index contributed by atoms with van der Waals surface area (Å²) in [5, 5.41) is 0. The van der Waals surface area contributed by atoms with Crippen LogP contribution in [0.1, 0.15) is 18.5 Å². The van der Waals surface area contributed by atoms with Gasteiger partial charge in [0.05, 0.1) is 19.8 Å². The van der Waals surface area contributed by atoms with Crippen LogP contribution < -0.4 is 10.5 Å². The number of methoxy groups -OCH3 is 1. The molecule has 5 heteroatoms. The zero-order chi connectivity index (χ0) is 12.5. The first-order chi connectivity index (χ1) is 8.25. The molecule has 0 amide bonds. The first-order valence-corrected chi connectivity index (χ1v) is 5.65. The van der Waals surface area contributed by atoms with Crippen molar-refractivity contribution in [2.75, 3.05) is 33.5 Å². The number of hydrogen-bond acceptors (Lipinski definition) is 5. The number of rotatable bonds is 8. The minimum Gasteiger partial charge on any atom is -0.475 e. The molecule has 2 N–H and O–H groups in total. The van der Waals surface area contributed by atoms with Crippen molar-refractivity contribution in [1.82, 2.24) is 4.98 Å². The van der Waals surface area contributed by atoms with E-state index in [0.29, 0.717) is 32.3 Å². The predicted octanol–water partition coefficient (Wildman–Crippen LogP) is 1.14. The van der Waals surface area contributed by atoms with E-state index in [9.17, 15) is 0 Å². The first-order valence-electron chi connectivity index (χ1n) is 5.65. The lowest BCUT2D eigenvalue weighted by Crippen LogP contribution is -2.13. The highest BCUT2D eigenvalue weighted by Crippen LogP contribution is 2.19. The maximum Gasteiger partial charge on any atom is 0.218 e. The Morgan fingerprint density at radius 2 is 2.06 bits per heavy atom. The molecule has 0 radical (unpaired) electrons. The number of ether oxygens (including phenoxy) is 3. The third-order valence-electron chi connectivity index (χ3n) is 2.19. The zero-order valence-corrected chi connectivity index (χ0v) is 10.4. The Labute approximate surface area is 102 Å². The van der Waals surface area contributed by atoms with E-state index in [0.717, 1.165) is 5.56 Å². The van der Waals surface area contributed by atoms with Crippen molar-refractivity contribution in [3.63, 3.8) is 0 Å². The Morgan fingerprint density at radius 3 is 2.76 bits per heavy atom. The van der Waals surface area contributed by atoms with Crippen molar-refractivity contribution >= 4 is 0 Å². The third-order valence-corrected chi connectivity index (χ3v) is 2.19. The molecule has 0 saturated carbocycles. The molecule has 0 aliphatic heterocycles. The van der Waals surface area contributed by atoms with Gasteiger partial charge in [0.25, 0.3) is 0 Å². The van der Waals surface area contributed by atoms with Gasteiger partial charge in [0.15, 0.2) is 0 Å². The lowest BCUT2D eigenvalue weighted by molar-refractivity contribution is 0.0534. The van der Waals surface area contributed by atoms with Gasteiger partial charge in [0.2, 0.25) is 5.88 Å². The standard InChI is InChI=1S/C12H20N2O3/c1-10(13)11-4-3-5-14-12(11)17-9-8-16-7-6-15-2/h3-5,10H,6-9,13H2,1-2H3/t10-/m1/s1. The fourth-order valence-corrected chi connectivity index (χ4v) is 1.31. The van der Waals surface area contributed by atoms with Crippen molar-refractivity contribution in [1.29, 1.82) is 0 Å². The number of nitrogens with zero attached hydrogens (tertiary/aromatic N) is 1. The molecular formula is C12H20N2O3. The highest BCUT2D eigenvalue weighted by molar-refractivity contribution is 5.27. The minimum absolute atomic E-state index is 0.0897. The van der Waals surface area contributed by atoms with Crippen LogP contribution >= 0.6 is 0 Å². The Kier molecular flexibility index (Phi) is 6.54. The summed E-state index contributed by atoms with van der Waals surface area (Å²) in [5.41, 5.74) is 6.72. The van der Waals surface area contributed by atoms with Gasteiger partial charge in [0, 0.05) is 24.9 Å². The van der Waals surface area contributed by atoms with E-state index in [1.165, 1.54) is 0 Å². The largest absolute Gasteiger partial charge is 0.475 e. The predicted molar refractivity (Wildman–Crippen MR) is 65.0 cm³/mol. The van der Waals surface area contributed by atoms with Gasteiger partial charge in [-0.3, -0.25) is 0 Å². The van der Waals surface area contributed by atoms with Crippen molar-refractivity contribution in [3.8, 4) is 5.88 Å². The van der Waals surface area contributed by atoms with Gasteiger partial charge in [-0.25, -0.2) is 4.98 Å². The van der Waals surface area contributed by atoms with Crippen molar-refractivity contribution in [2.24, 2.45) is 5.73 Å². The molecule has 0 aromatic carbocycles. The second kappa shape index (κ2) is 8.00. The number of hydrogen-bond donors (Lipinski definition) is 1. The molecule has 0 saturated heterocycles. The van der Waals surface area contributed by atoms with E-state index in [4.69, 9.17) is 19.9 Å². The normalized spacial score (nSPS) is 12.4. The quantitative estimate of drug-likeness (QED) is 0.690. The van der Waals surface area contributed by atoms with Crippen molar-refractivity contribution in [2.45, 2.75) is 13.0 Å². The number of nitrogens with two attached hydrogens (primary N) is 1. The highest BCUT2D eigenvalue weighted by Gasteiger charge is 2.08. The zero-order valence-electron chi connectivity index (χ0n) is 10.4. The molecule has 0 fully saturated rings. The van der Waals surface area contributed by atoms with Gasteiger partial charge >= 0.3 is 0 Å². The second-order valence-corrected chi connectivity index (χ2v) is 3.64. The summed E-state index contributed by atoms with van der Waals surface area (Å²) >= 11 is 0. The molecule has 0 aliphatic rings. The molecule has 5 nitrogen and oxygen atoms in total. The van der Waals surface area contributed by atoms with Gasteiger partial charge in [-0.1, -0.05) is 6.07 Å². The van der Waals surface area contributed by atoms with E-state index >= 15 is 0 Å². The van der Waals surface area contributed by atoms with Crippen LogP contribution in [-0.2, 0) is 9.47 Å². The molecule has 96 valence electrons. The topological polar surface area (TPSA) is 66.6 Å². The fraction of sp³-hybridized carbons (Fsp3) is 0.583. The molecule has 1 heterocycles. The lowest BCUT2D eigenvalue weighted by atomic mass is 10.1. The van der Waals surface area contributed by atoms with Crippen LogP contribution in [0.25, 0.3) is 0 Å². The van der Waals surface area contributed by atoms with E-state index in [1.807, 2.05) is 19.1 Å². The maximum absolute atomic E-state index is 5.82. The third kappa shape index (κ3) is 5.12. The minimum atomic E-state index is -0.0897. The lowest BCUT2D eigenvalue weighted by Gasteiger charge is -2.12. The summed E-state index contributed by atoms with van der Waals surface area (Å²) in [6.45, 7) is 4.04. The number of pyridine rings is 1. The van der Waals surface area contributed by atoms with Crippen LogP contribution in [0.4, 0.5) is 0 Å². The van der Waals surface area contributed by atoms with Crippen molar-refractivity contribution < 1.29 is 14.2 Å². The average molecular weight is 240 g/mol. The summed E-state index contributed by atoms with van der Waals surface area (Å²) in [4.78, 5) is 4.15. The average Bonchev–Trinajstić information content (AvgIpc) is 2.34. The Balaban J connectivity index is 2.31. The molecule has 0 spiro atoms. The van der Waals surface area contributed by atoms with E-state index in [2.05, 4.69) is 4.98 Å². The monoisotopic (exact) mass is 240 g/mol. The SMILES string of the molecule is COCCOCCOc1ncccc1[C@@H](C)N. The maximum atomic E-state index is 5.82. The molecule has 0 aliphatic carbocycles. The van der Waals surface area contributed by atoms with Gasteiger partial charge in [-0.15, -0.1) is 0 Å². The van der Waals surface area contributed by atoms with Gasteiger partial charge < -0.3 is 19.9 Å². The number of aromatic nitrogens is 1. The summed E-state index contributed by atoms with van der Waals surface area (Å²) in [6, 6.07) is 3.67. The van der Waals surface area contributed by atoms with Gasteiger partial charge in [-0.2, -0.15) is 0 Å². The first kappa shape index (κ1) is 13.9. The molecule has 1 rings (SSSR count). The smallest absolute Gasteiger partial charge is 0.218 e. The molecule has 1 aromatic rings. The van der Waals surface area contributed by atoms with Crippen LogP contribution in [0, 0.1) is 0 Å². The van der Waals surface area contributed by atoms with E-state index < -0.39 is 0 Å². The Hall–Kier alpha value is -1.17. The van der Waals surface area contributed by atoms with E-state index in [1.54, 1.807) is 13.3 Å². The molecule has 17 heavy (non-hydrogen) atoms. The van der Waals surface area contributed by atoms with E-state index in [-0.39, 0.29) is 6.04 Å². The van der Waals surface area contributed by atoms with Crippen LogP contribution in [0.5, 0.6) is 5.88 Å². The molecular weight excluding hydrogens is 220 g/mol. The summed E-state index contributed by atoms with van der Waals surface area (Å²) < 4.78 is 15.7.